The van der Waals surface area contributed by atoms with Crippen LogP contribution in [0.2, 0.25) is 0 Å². The Kier molecular flexibility index (Phi) is 6.59. The molecule has 3 rings (SSSR count). The second-order valence-corrected chi connectivity index (χ2v) is 6.88. The quantitative estimate of drug-likeness (QED) is 0.419. The number of fused-ring (bicyclic) bond motifs is 1. The molecule has 0 saturated carbocycles. The van der Waals surface area contributed by atoms with Gasteiger partial charge in [0.15, 0.2) is 6.61 Å². The third kappa shape index (κ3) is 4.62. The maximum atomic E-state index is 12.1. The van der Waals surface area contributed by atoms with E-state index in [1.807, 2.05) is 30.5 Å². The lowest BCUT2D eigenvalue weighted by molar-refractivity contribution is -0.123. The fourth-order valence-electron chi connectivity index (χ4n) is 2.75. The van der Waals surface area contributed by atoms with Crippen LogP contribution in [0.5, 0.6) is 5.88 Å². The highest BCUT2D eigenvalue weighted by Gasteiger charge is 2.18. The number of nitrogens with one attached hydrogen (secondary N) is 2. The van der Waals surface area contributed by atoms with Gasteiger partial charge in [-0.05, 0) is 28.9 Å². The molecular weight excluding hydrogens is 438 g/mol. The van der Waals surface area contributed by atoms with Crippen LogP contribution in [-0.2, 0) is 16.1 Å². The van der Waals surface area contributed by atoms with Crippen LogP contribution < -0.4 is 10.2 Å². The molecule has 1 aromatic carbocycles. The molecule has 0 unspecified atom stereocenters. The van der Waals surface area contributed by atoms with Crippen molar-refractivity contribution in [2.24, 2.45) is 5.10 Å². The van der Waals surface area contributed by atoms with Crippen molar-refractivity contribution in [1.29, 1.82) is 5.26 Å². The van der Waals surface area contributed by atoms with Crippen molar-refractivity contribution in [3.8, 4) is 11.9 Å². The van der Waals surface area contributed by atoms with E-state index in [0.717, 1.165) is 16.5 Å². The number of carbonyl (C=O) groups is 1. The highest BCUT2D eigenvalue weighted by Crippen LogP contribution is 2.29. The van der Waals surface area contributed by atoms with Gasteiger partial charge in [0, 0.05) is 39.8 Å². The number of aromatic amines is 1. The van der Waals surface area contributed by atoms with Crippen molar-refractivity contribution in [3.63, 3.8) is 0 Å². The van der Waals surface area contributed by atoms with Crippen LogP contribution in [0.25, 0.3) is 10.9 Å². The number of methoxy groups -OCH3 is 1. The van der Waals surface area contributed by atoms with Gasteiger partial charge in [-0.15, -0.1) is 0 Å². The van der Waals surface area contributed by atoms with Crippen molar-refractivity contribution in [2.75, 3.05) is 13.7 Å². The zero-order valence-electron chi connectivity index (χ0n) is 15.8. The van der Waals surface area contributed by atoms with E-state index in [1.165, 1.54) is 7.11 Å². The number of hydrogen-bond donors (Lipinski definition) is 2. The fourth-order valence-corrected chi connectivity index (χ4v) is 3.16. The Labute approximate surface area is 175 Å². The molecule has 0 atom stereocenters. The molecule has 9 heteroatoms. The molecule has 8 nitrogen and oxygen atoms in total. The largest absolute Gasteiger partial charge is 0.467 e. The van der Waals surface area contributed by atoms with E-state index < -0.39 is 5.91 Å². The van der Waals surface area contributed by atoms with Crippen molar-refractivity contribution in [2.45, 2.75) is 13.5 Å². The molecular formula is C20H18BrN5O3. The first-order chi connectivity index (χ1) is 14.0. The van der Waals surface area contributed by atoms with Crippen LogP contribution in [0.15, 0.2) is 40.0 Å². The number of benzene rings is 1. The zero-order chi connectivity index (χ0) is 20.8. The Hall–Kier alpha value is -3.22. The van der Waals surface area contributed by atoms with Gasteiger partial charge < -0.3 is 14.5 Å². The van der Waals surface area contributed by atoms with Crippen LogP contribution in [0.1, 0.15) is 22.4 Å². The maximum Gasteiger partial charge on any atom is 0.278 e. The SMILES string of the molecule is COCc1c(Br)c(C)nc(OCC(=O)N/N=C\c2c[nH]c3ccccc23)c1C#N. The number of nitriles is 1. The number of ether oxygens (including phenoxy) is 2. The highest BCUT2D eigenvalue weighted by molar-refractivity contribution is 9.10. The van der Waals surface area contributed by atoms with Crippen molar-refractivity contribution < 1.29 is 14.3 Å². The van der Waals surface area contributed by atoms with Gasteiger partial charge in [-0.1, -0.05) is 18.2 Å². The van der Waals surface area contributed by atoms with E-state index >= 15 is 0 Å². The summed E-state index contributed by atoms with van der Waals surface area (Å²) in [5.74, 6) is -0.392. The van der Waals surface area contributed by atoms with Gasteiger partial charge >= 0.3 is 0 Å². The second-order valence-electron chi connectivity index (χ2n) is 6.09. The second kappa shape index (κ2) is 9.32. The number of halogens is 1. The number of hydrogen-bond acceptors (Lipinski definition) is 6. The molecule has 0 aliphatic carbocycles. The summed E-state index contributed by atoms with van der Waals surface area (Å²) in [6.45, 7) is 1.65. The lowest BCUT2D eigenvalue weighted by atomic mass is 10.1. The minimum absolute atomic E-state index is 0.0796. The third-order valence-corrected chi connectivity index (χ3v) is 5.17. The molecule has 148 valence electrons. The fraction of sp³-hybridized carbons (Fsp3) is 0.200. The number of carbonyl (C=O) groups excluding carboxylic acids is 1. The molecule has 2 heterocycles. The van der Waals surface area contributed by atoms with E-state index in [0.29, 0.717) is 15.7 Å². The average Bonchev–Trinajstić information content (AvgIpc) is 3.13. The van der Waals surface area contributed by atoms with Crippen LogP contribution in [-0.4, -0.2) is 35.8 Å². The Morgan fingerprint density at radius 1 is 1.45 bits per heavy atom. The summed E-state index contributed by atoms with van der Waals surface area (Å²) in [6.07, 6.45) is 3.36. The lowest BCUT2D eigenvalue weighted by Crippen LogP contribution is -2.25. The number of aromatic nitrogens is 2. The number of nitrogens with zero attached hydrogens (tertiary/aromatic N) is 3. The van der Waals surface area contributed by atoms with Gasteiger partial charge in [0.1, 0.15) is 11.6 Å². The Bertz CT molecular complexity index is 1120. The standard InChI is InChI=1S/C20H18BrN5O3/c1-12-19(21)16(10-28-2)15(7-22)20(25-12)29-11-18(27)26-24-9-13-8-23-17-6-4-3-5-14(13)17/h3-6,8-9,23H,10-11H2,1-2H3,(H,26,27)/b24-9-. The van der Waals surface area contributed by atoms with Crippen molar-refractivity contribution >= 4 is 39.0 Å². The van der Waals surface area contributed by atoms with Gasteiger partial charge in [0.05, 0.1) is 18.5 Å². The summed E-state index contributed by atoms with van der Waals surface area (Å²) in [7, 11) is 1.53. The smallest absolute Gasteiger partial charge is 0.278 e. The zero-order valence-corrected chi connectivity index (χ0v) is 17.4. The van der Waals surface area contributed by atoms with Crippen LogP contribution in [0.4, 0.5) is 0 Å². The predicted octanol–water partition coefficient (Wildman–Crippen LogP) is 3.18. The van der Waals surface area contributed by atoms with Crippen LogP contribution in [0.3, 0.4) is 0 Å². The molecule has 1 amide bonds. The molecule has 29 heavy (non-hydrogen) atoms. The highest BCUT2D eigenvalue weighted by atomic mass is 79.9. The van der Waals surface area contributed by atoms with Crippen LogP contribution in [0, 0.1) is 18.3 Å². The van der Waals surface area contributed by atoms with E-state index in [4.69, 9.17) is 9.47 Å². The van der Waals surface area contributed by atoms with Gasteiger partial charge in [-0.3, -0.25) is 4.79 Å². The number of amides is 1. The number of pyridine rings is 1. The number of rotatable bonds is 7. The maximum absolute atomic E-state index is 12.1. The molecule has 0 radical (unpaired) electrons. The monoisotopic (exact) mass is 455 g/mol. The summed E-state index contributed by atoms with van der Waals surface area (Å²) in [6, 6.07) is 9.83. The normalized spacial score (nSPS) is 11.0. The van der Waals surface area contributed by atoms with E-state index in [1.54, 1.807) is 13.1 Å². The summed E-state index contributed by atoms with van der Waals surface area (Å²) < 4.78 is 11.3. The molecule has 0 aliphatic heterocycles. The van der Waals surface area contributed by atoms with E-state index in [-0.39, 0.29) is 24.7 Å². The average molecular weight is 456 g/mol. The Morgan fingerprint density at radius 3 is 3.00 bits per heavy atom. The first-order valence-corrected chi connectivity index (χ1v) is 9.43. The van der Waals surface area contributed by atoms with Gasteiger partial charge in [0.2, 0.25) is 5.88 Å². The van der Waals surface area contributed by atoms with Gasteiger partial charge in [0.25, 0.3) is 5.91 Å². The Balaban J connectivity index is 1.66. The van der Waals surface area contributed by atoms with Crippen molar-refractivity contribution in [3.05, 3.63) is 57.3 Å². The predicted molar refractivity (Wildman–Crippen MR) is 112 cm³/mol. The summed E-state index contributed by atoms with van der Waals surface area (Å²) in [4.78, 5) is 19.4. The van der Waals surface area contributed by atoms with Crippen LogP contribution >= 0.6 is 15.9 Å². The number of hydrazone groups is 1. The van der Waals surface area contributed by atoms with Crippen molar-refractivity contribution in [1.82, 2.24) is 15.4 Å². The molecule has 0 fully saturated rings. The molecule has 2 N–H and O–H groups in total. The Morgan fingerprint density at radius 2 is 2.24 bits per heavy atom. The van der Waals surface area contributed by atoms with E-state index in [2.05, 4.69) is 42.5 Å². The summed E-state index contributed by atoms with van der Waals surface area (Å²) in [5.41, 5.74) is 5.71. The van der Waals surface area contributed by atoms with Gasteiger partial charge in [-0.25, -0.2) is 10.4 Å². The topological polar surface area (TPSA) is 112 Å². The summed E-state index contributed by atoms with van der Waals surface area (Å²) >= 11 is 3.41. The molecule has 3 aromatic rings. The molecule has 0 saturated heterocycles. The lowest BCUT2D eigenvalue weighted by Gasteiger charge is -2.13. The molecule has 0 bridgehead atoms. The first-order valence-electron chi connectivity index (χ1n) is 8.64. The third-order valence-electron chi connectivity index (χ3n) is 4.12. The minimum Gasteiger partial charge on any atom is -0.467 e. The molecule has 0 spiro atoms. The summed E-state index contributed by atoms with van der Waals surface area (Å²) in [5, 5.41) is 14.4. The molecule has 0 aliphatic rings. The number of H-pyrrole nitrogens is 1. The molecule has 2 aromatic heterocycles. The van der Waals surface area contributed by atoms with E-state index in [9.17, 15) is 10.1 Å². The van der Waals surface area contributed by atoms with Gasteiger partial charge in [-0.2, -0.15) is 10.4 Å². The first kappa shape index (κ1) is 20.5. The number of para-hydroxylation sites is 1. The minimum atomic E-state index is -0.472. The number of aryl methyl sites for hydroxylation is 1.